The number of thiophene rings is 1. The van der Waals surface area contributed by atoms with Crippen LogP contribution in [0.4, 0.5) is 15.9 Å². The lowest BCUT2D eigenvalue weighted by molar-refractivity contribution is 0.0329. The first-order valence-electron chi connectivity index (χ1n) is 9.47. The lowest BCUT2D eigenvalue weighted by Gasteiger charge is -2.28. The molecule has 0 amide bonds. The summed E-state index contributed by atoms with van der Waals surface area (Å²) in [6, 6.07) is 4.39. The molecule has 1 aliphatic carbocycles. The molecule has 1 saturated carbocycles. The van der Waals surface area contributed by atoms with E-state index < -0.39 is 0 Å². The van der Waals surface area contributed by atoms with E-state index in [2.05, 4.69) is 15.3 Å². The number of nitrogens with one attached hydrogen (secondary N) is 1. The van der Waals surface area contributed by atoms with Crippen molar-refractivity contribution in [2.45, 2.75) is 44.8 Å². The number of nitrogens with zero attached hydrogens (tertiary/aromatic N) is 2. The molecule has 2 heterocycles. The number of rotatable bonds is 6. The van der Waals surface area contributed by atoms with Gasteiger partial charge < -0.3 is 14.8 Å². The molecule has 29 heavy (non-hydrogen) atoms. The van der Waals surface area contributed by atoms with Crippen molar-refractivity contribution in [3.8, 4) is 5.75 Å². The van der Waals surface area contributed by atoms with Crippen LogP contribution < -0.4 is 10.1 Å². The van der Waals surface area contributed by atoms with E-state index in [0.29, 0.717) is 27.0 Å². The van der Waals surface area contributed by atoms with Crippen LogP contribution in [-0.4, -0.2) is 35.6 Å². The third-order valence-electron chi connectivity index (χ3n) is 5.26. The molecule has 0 bridgehead atoms. The Bertz CT molecular complexity index is 1030. The number of carbonyl (C=O) groups excluding carboxylic acids is 1. The fraction of sp³-hybridized carbons (Fsp3) is 0.381. The predicted octanol–water partition coefficient (Wildman–Crippen LogP) is 4.68. The Morgan fingerprint density at radius 2 is 1.97 bits per heavy atom. The van der Waals surface area contributed by atoms with Crippen molar-refractivity contribution in [2.24, 2.45) is 0 Å². The third-order valence-corrected chi connectivity index (χ3v) is 6.36. The smallest absolute Gasteiger partial charge is 0.244 e. The quantitative estimate of drug-likeness (QED) is 0.632. The maximum atomic E-state index is 13.9. The van der Waals surface area contributed by atoms with Crippen LogP contribution >= 0.6 is 11.3 Å². The highest BCUT2D eigenvalue weighted by molar-refractivity contribution is 7.20. The van der Waals surface area contributed by atoms with Crippen LogP contribution in [0.25, 0.3) is 10.2 Å². The summed E-state index contributed by atoms with van der Waals surface area (Å²) in [5.41, 5.74) is 1.38. The Kier molecular flexibility index (Phi) is 5.73. The Morgan fingerprint density at radius 3 is 2.69 bits per heavy atom. The minimum Gasteiger partial charge on any atom is -0.488 e. The molecule has 151 valence electrons. The van der Waals surface area contributed by atoms with Gasteiger partial charge in [-0.1, -0.05) is 0 Å². The molecule has 1 aliphatic rings. The molecular weight excluding hydrogens is 393 g/mol. The van der Waals surface area contributed by atoms with E-state index >= 15 is 0 Å². The number of fused-ring (bicyclic) bond motifs is 1. The van der Waals surface area contributed by atoms with Crippen molar-refractivity contribution in [2.75, 3.05) is 12.4 Å². The Hall–Kier alpha value is -2.58. The zero-order valence-corrected chi connectivity index (χ0v) is 17.0. The summed E-state index contributed by atoms with van der Waals surface area (Å²) in [5.74, 6) is 0.617. The summed E-state index contributed by atoms with van der Waals surface area (Å²) >= 11 is 1.27. The second-order valence-electron chi connectivity index (χ2n) is 7.08. The molecule has 8 heteroatoms. The zero-order chi connectivity index (χ0) is 20.4. The summed E-state index contributed by atoms with van der Waals surface area (Å²) in [6.45, 7) is 1.84. The van der Waals surface area contributed by atoms with Gasteiger partial charge in [0.05, 0.1) is 28.2 Å². The number of anilines is 2. The maximum Gasteiger partial charge on any atom is 0.244 e. The van der Waals surface area contributed by atoms with Crippen molar-refractivity contribution in [3.63, 3.8) is 0 Å². The second-order valence-corrected chi connectivity index (χ2v) is 8.08. The second kappa shape index (κ2) is 8.42. The van der Waals surface area contributed by atoms with Gasteiger partial charge in [0.25, 0.3) is 0 Å². The van der Waals surface area contributed by atoms with Crippen LogP contribution in [0.1, 0.15) is 36.1 Å². The van der Waals surface area contributed by atoms with Crippen LogP contribution in [0.3, 0.4) is 0 Å². The molecule has 1 radical (unpaired) electrons. The predicted molar refractivity (Wildman–Crippen MR) is 110 cm³/mol. The minimum absolute atomic E-state index is 0.00770. The third kappa shape index (κ3) is 4.09. The van der Waals surface area contributed by atoms with E-state index in [1.54, 1.807) is 13.2 Å². The number of methoxy groups -OCH3 is 1. The fourth-order valence-electron chi connectivity index (χ4n) is 3.65. The molecule has 0 unspecified atom stereocenters. The van der Waals surface area contributed by atoms with E-state index in [1.807, 2.05) is 13.2 Å². The molecule has 0 aliphatic heterocycles. The van der Waals surface area contributed by atoms with E-state index in [4.69, 9.17) is 9.47 Å². The van der Waals surface area contributed by atoms with Gasteiger partial charge in [0.15, 0.2) is 0 Å². The summed E-state index contributed by atoms with van der Waals surface area (Å²) in [5, 5.41) is 4.00. The van der Waals surface area contributed by atoms with Crippen LogP contribution in [0.5, 0.6) is 5.75 Å². The molecule has 1 N–H and O–H groups in total. The monoisotopic (exact) mass is 414 g/mol. The highest BCUT2D eigenvalue weighted by atomic mass is 32.1. The number of aromatic nitrogens is 2. The van der Waals surface area contributed by atoms with Crippen molar-refractivity contribution in [3.05, 3.63) is 40.8 Å². The first kappa shape index (κ1) is 19.7. The maximum absolute atomic E-state index is 13.9. The first-order valence-corrected chi connectivity index (χ1v) is 10.3. The lowest BCUT2D eigenvalue weighted by atomic mass is 9.95. The number of hydrogen-bond donors (Lipinski definition) is 1. The van der Waals surface area contributed by atoms with Gasteiger partial charge in [-0.05, 0) is 50.3 Å². The number of ether oxygens (including phenoxy) is 2. The van der Waals surface area contributed by atoms with Crippen LogP contribution in [0.15, 0.2) is 24.5 Å². The Labute approximate surface area is 172 Å². The summed E-state index contributed by atoms with van der Waals surface area (Å²) in [7, 11) is 1.73. The average molecular weight is 414 g/mol. The van der Waals surface area contributed by atoms with Crippen molar-refractivity contribution < 1.29 is 18.7 Å². The standard InChI is InChI=1S/C21H21FN3O3S/c1-12-18(10-26)29-21-19(12)20(23-11-24-21)25-16-8-3-13(22)9-17(16)28-15-6-4-14(27-2)5-7-15/h3,8-9,11,14-15H,4-7H2,1-2H3,(H,23,24,25). The first-order chi connectivity index (χ1) is 14.1. The van der Waals surface area contributed by atoms with Crippen molar-refractivity contribution >= 4 is 39.3 Å². The molecule has 0 saturated heterocycles. The molecular formula is C21H21FN3O3S. The Morgan fingerprint density at radius 1 is 1.21 bits per heavy atom. The molecule has 2 aromatic heterocycles. The summed E-state index contributed by atoms with van der Waals surface area (Å²) < 4.78 is 25.5. The molecule has 6 nitrogen and oxygen atoms in total. The van der Waals surface area contributed by atoms with Crippen LogP contribution in [-0.2, 0) is 9.53 Å². The molecule has 0 spiro atoms. The van der Waals surface area contributed by atoms with E-state index in [1.165, 1.54) is 29.8 Å². The van der Waals surface area contributed by atoms with Gasteiger partial charge in [-0.2, -0.15) is 0 Å². The van der Waals surface area contributed by atoms with Gasteiger partial charge in [0, 0.05) is 13.2 Å². The van der Waals surface area contributed by atoms with Crippen molar-refractivity contribution in [1.82, 2.24) is 9.97 Å². The number of halogens is 1. The van der Waals surface area contributed by atoms with Gasteiger partial charge in [0.2, 0.25) is 6.29 Å². The number of aryl methyl sites for hydroxylation is 1. The highest BCUT2D eigenvalue weighted by Gasteiger charge is 2.23. The molecule has 1 fully saturated rings. The SMILES string of the molecule is COC1CCC(Oc2cc(F)ccc2Nc2ncnc3sc([C]=O)c(C)c23)CC1. The van der Waals surface area contributed by atoms with Crippen molar-refractivity contribution in [1.29, 1.82) is 0 Å². The van der Waals surface area contributed by atoms with E-state index in [0.717, 1.165) is 36.6 Å². The van der Waals surface area contributed by atoms with E-state index in [-0.39, 0.29) is 18.0 Å². The molecule has 4 rings (SSSR count). The lowest BCUT2D eigenvalue weighted by Crippen LogP contribution is -2.27. The summed E-state index contributed by atoms with van der Waals surface area (Å²) in [4.78, 5) is 20.9. The largest absolute Gasteiger partial charge is 0.488 e. The molecule has 1 aromatic carbocycles. The molecule has 3 aromatic rings. The normalized spacial score (nSPS) is 19.3. The van der Waals surface area contributed by atoms with Crippen LogP contribution in [0, 0.1) is 12.7 Å². The van der Waals surface area contributed by atoms with Gasteiger partial charge >= 0.3 is 0 Å². The van der Waals surface area contributed by atoms with Gasteiger partial charge in [-0.25, -0.2) is 14.4 Å². The molecule has 0 atom stereocenters. The Balaban J connectivity index is 1.62. The van der Waals surface area contributed by atoms with Gasteiger partial charge in [-0.15, -0.1) is 11.3 Å². The fourth-order valence-corrected chi connectivity index (χ4v) is 4.60. The highest BCUT2D eigenvalue weighted by Crippen LogP contribution is 2.37. The number of benzene rings is 1. The van der Waals surface area contributed by atoms with Gasteiger partial charge in [0.1, 0.15) is 28.5 Å². The average Bonchev–Trinajstić information content (AvgIpc) is 3.07. The number of hydrogen-bond acceptors (Lipinski definition) is 7. The topological polar surface area (TPSA) is 73.3 Å². The van der Waals surface area contributed by atoms with Crippen LogP contribution in [0.2, 0.25) is 0 Å². The minimum atomic E-state index is -0.367. The van der Waals surface area contributed by atoms with E-state index in [9.17, 15) is 9.18 Å². The zero-order valence-electron chi connectivity index (χ0n) is 16.2. The summed E-state index contributed by atoms with van der Waals surface area (Å²) in [6.07, 6.45) is 7.21. The van der Waals surface area contributed by atoms with Gasteiger partial charge in [-0.3, -0.25) is 4.79 Å².